The summed E-state index contributed by atoms with van der Waals surface area (Å²) in [5.74, 6) is 1.76. The van der Waals surface area contributed by atoms with E-state index in [1.807, 2.05) is 30.3 Å². The van der Waals surface area contributed by atoms with Crippen LogP contribution >= 0.6 is 12.2 Å². The first kappa shape index (κ1) is 24.4. The van der Waals surface area contributed by atoms with Crippen LogP contribution in [0.15, 0.2) is 78.9 Å². The van der Waals surface area contributed by atoms with E-state index in [1.54, 1.807) is 0 Å². The summed E-state index contributed by atoms with van der Waals surface area (Å²) >= 11 is 6.11. The monoisotopic (exact) mass is 520 g/mol. The lowest BCUT2D eigenvalue weighted by Gasteiger charge is -2.12. The second-order valence-electron chi connectivity index (χ2n) is 9.94. The van der Waals surface area contributed by atoms with Gasteiger partial charge in [-0.15, -0.1) is 5.10 Å². The molecule has 0 radical (unpaired) electrons. The molecule has 6 rings (SSSR count). The lowest BCUT2D eigenvalue weighted by molar-refractivity contribution is 0.288. The molecule has 6 heteroatoms. The van der Waals surface area contributed by atoms with Crippen molar-refractivity contribution in [1.82, 2.24) is 14.2 Å². The van der Waals surface area contributed by atoms with Crippen molar-refractivity contribution in [1.29, 1.82) is 0 Å². The minimum absolute atomic E-state index is 0.406. The molecule has 0 bridgehead atoms. The Hall–Kier alpha value is -3.90. The van der Waals surface area contributed by atoms with Crippen LogP contribution < -0.4 is 10.1 Å². The Morgan fingerprint density at radius 3 is 2.58 bits per heavy atom. The summed E-state index contributed by atoms with van der Waals surface area (Å²) < 4.78 is 10.6. The molecule has 0 spiro atoms. The van der Waals surface area contributed by atoms with E-state index in [0.29, 0.717) is 11.6 Å². The Morgan fingerprint density at radius 2 is 1.82 bits per heavy atom. The maximum absolute atomic E-state index is 6.14. The van der Waals surface area contributed by atoms with Gasteiger partial charge in [0, 0.05) is 23.4 Å². The summed E-state index contributed by atoms with van der Waals surface area (Å²) in [5, 5.41) is 8.64. The van der Waals surface area contributed by atoms with Crippen molar-refractivity contribution in [3.63, 3.8) is 0 Å². The van der Waals surface area contributed by atoms with Crippen LogP contribution in [0.5, 0.6) is 5.75 Å². The van der Waals surface area contributed by atoms with Gasteiger partial charge in [0.15, 0.2) is 5.82 Å². The van der Waals surface area contributed by atoms with Gasteiger partial charge in [0.05, 0.1) is 0 Å². The SMILES string of the molecule is CCc1ccc(-c2c3c4n(c(COc5ccccc5)nn4c2C(=S)Nc2cccc(C)c2)CCCC3)cc1. The first-order valence-corrected chi connectivity index (χ1v) is 13.8. The van der Waals surface area contributed by atoms with Gasteiger partial charge in [-0.1, -0.05) is 73.7 Å². The topological polar surface area (TPSA) is 43.5 Å². The van der Waals surface area contributed by atoms with Gasteiger partial charge in [-0.05, 0) is 73.6 Å². The number of ether oxygens (including phenoxy) is 1. The molecular weight excluding hydrogens is 488 g/mol. The normalized spacial score (nSPS) is 12.9. The average Bonchev–Trinajstić information content (AvgIpc) is 3.34. The molecule has 0 atom stereocenters. The highest BCUT2D eigenvalue weighted by molar-refractivity contribution is 7.81. The second-order valence-corrected chi connectivity index (χ2v) is 10.3. The molecule has 0 fully saturated rings. The number of para-hydroxylation sites is 1. The largest absolute Gasteiger partial charge is 0.486 e. The number of nitrogens with one attached hydrogen (secondary N) is 1. The van der Waals surface area contributed by atoms with Gasteiger partial charge in [0.1, 0.15) is 28.7 Å². The number of hydrogen-bond acceptors (Lipinski definition) is 3. The Labute approximate surface area is 229 Å². The minimum Gasteiger partial charge on any atom is -0.486 e. The number of benzene rings is 3. The van der Waals surface area contributed by atoms with E-state index in [9.17, 15) is 0 Å². The standard InChI is InChI=1S/C32H32N4OS/c1-3-23-15-17-24(18-16-23)29-27-14-7-8-19-35-28(21-37-26-12-5-4-6-13-26)34-36(32(27)35)30(29)31(38)33-25-11-9-10-22(2)20-25/h4-6,9-13,15-18,20H,3,7-8,14,19,21H2,1-2H3,(H,33,38). The highest BCUT2D eigenvalue weighted by atomic mass is 32.1. The Balaban J connectivity index is 1.50. The summed E-state index contributed by atoms with van der Waals surface area (Å²) in [7, 11) is 0. The summed E-state index contributed by atoms with van der Waals surface area (Å²) in [6, 6.07) is 27.2. The highest BCUT2D eigenvalue weighted by Crippen LogP contribution is 2.37. The zero-order chi connectivity index (χ0) is 26.1. The molecule has 3 heterocycles. The number of thiocarbonyl (C=S) groups is 1. The van der Waals surface area contributed by atoms with Gasteiger partial charge in [-0.25, -0.2) is 4.52 Å². The van der Waals surface area contributed by atoms with Gasteiger partial charge in [-0.2, -0.15) is 0 Å². The number of aryl methyl sites for hydroxylation is 4. The smallest absolute Gasteiger partial charge is 0.169 e. The average molecular weight is 521 g/mol. The summed E-state index contributed by atoms with van der Waals surface area (Å²) in [4.78, 5) is 0.673. The van der Waals surface area contributed by atoms with E-state index >= 15 is 0 Å². The van der Waals surface area contributed by atoms with E-state index < -0.39 is 0 Å². The van der Waals surface area contributed by atoms with Crippen molar-refractivity contribution >= 4 is 28.5 Å². The molecule has 0 aliphatic carbocycles. The van der Waals surface area contributed by atoms with Crippen LogP contribution in [-0.4, -0.2) is 19.2 Å². The van der Waals surface area contributed by atoms with Gasteiger partial charge in [-0.3, -0.25) is 0 Å². The number of rotatable bonds is 7. The molecule has 2 aromatic heterocycles. The van der Waals surface area contributed by atoms with Crippen LogP contribution in [0.3, 0.4) is 0 Å². The fraction of sp³-hybridized carbons (Fsp3) is 0.250. The van der Waals surface area contributed by atoms with Crippen molar-refractivity contribution in [3.05, 3.63) is 107 Å². The lowest BCUT2D eigenvalue weighted by atomic mass is 9.96. The summed E-state index contributed by atoms with van der Waals surface area (Å²) in [5.41, 5.74) is 9.26. The second kappa shape index (κ2) is 10.5. The van der Waals surface area contributed by atoms with Crippen molar-refractivity contribution in [2.45, 2.75) is 52.7 Å². The number of nitrogens with zero attached hydrogens (tertiary/aromatic N) is 3. The van der Waals surface area contributed by atoms with Gasteiger partial charge in [0.2, 0.25) is 0 Å². The highest BCUT2D eigenvalue weighted by Gasteiger charge is 2.29. The van der Waals surface area contributed by atoms with Crippen LogP contribution in [0.4, 0.5) is 5.69 Å². The van der Waals surface area contributed by atoms with Crippen LogP contribution in [0.25, 0.3) is 16.8 Å². The minimum atomic E-state index is 0.406. The molecule has 3 aromatic carbocycles. The summed E-state index contributed by atoms with van der Waals surface area (Å²) in [6.07, 6.45) is 4.24. The molecule has 0 saturated carbocycles. The first-order valence-electron chi connectivity index (χ1n) is 13.4. The molecule has 38 heavy (non-hydrogen) atoms. The van der Waals surface area contributed by atoms with Crippen LogP contribution in [0.1, 0.15) is 48.0 Å². The Bertz CT molecular complexity index is 1600. The van der Waals surface area contributed by atoms with Crippen LogP contribution in [0, 0.1) is 6.92 Å². The maximum atomic E-state index is 6.14. The number of aromatic nitrogens is 3. The van der Waals surface area contributed by atoms with Crippen molar-refractivity contribution in [2.75, 3.05) is 5.32 Å². The zero-order valence-corrected chi connectivity index (χ0v) is 22.7. The molecule has 1 N–H and O–H groups in total. The van der Waals surface area contributed by atoms with Crippen LogP contribution in [-0.2, 0) is 26.0 Å². The molecule has 1 aliphatic rings. The molecular formula is C32H32N4OS. The van der Waals surface area contributed by atoms with Crippen LogP contribution in [0.2, 0.25) is 0 Å². The molecule has 0 amide bonds. The molecule has 1 aliphatic heterocycles. The van der Waals surface area contributed by atoms with Crippen molar-refractivity contribution in [2.24, 2.45) is 0 Å². The van der Waals surface area contributed by atoms with Gasteiger partial charge in [0.25, 0.3) is 0 Å². The molecule has 0 unspecified atom stereocenters. The van der Waals surface area contributed by atoms with E-state index in [0.717, 1.165) is 60.8 Å². The molecule has 5 nitrogen and oxygen atoms in total. The van der Waals surface area contributed by atoms with E-state index in [1.165, 1.54) is 27.8 Å². The number of anilines is 1. The molecule has 5 aromatic rings. The fourth-order valence-electron chi connectivity index (χ4n) is 5.42. The van der Waals surface area contributed by atoms with Gasteiger partial charge >= 0.3 is 0 Å². The van der Waals surface area contributed by atoms with E-state index in [2.05, 4.69) is 76.8 Å². The van der Waals surface area contributed by atoms with E-state index in [-0.39, 0.29) is 0 Å². The predicted molar refractivity (Wildman–Crippen MR) is 158 cm³/mol. The molecule has 192 valence electrons. The quantitative estimate of drug-likeness (QED) is 0.228. The third-order valence-electron chi connectivity index (χ3n) is 7.32. The Kier molecular flexibility index (Phi) is 6.73. The lowest BCUT2D eigenvalue weighted by Crippen LogP contribution is -2.15. The fourth-order valence-corrected chi connectivity index (χ4v) is 5.72. The number of hydrogen-bond donors (Lipinski definition) is 1. The van der Waals surface area contributed by atoms with Gasteiger partial charge < -0.3 is 14.6 Å². The zero-order valence-electron chi connectivity index (χ0n) is 21.9. The first-order chi connectivity index (χ1) is 18.6. The molecule has 0 saturated heterocycles. The van der Waals surface area contributed by atoms with E-state index in [4.69, 9.17) is 22.1 Å². The van der Waals surface area contributed by atoms with Crippen molar-refractivity contribution in [3.8, 4) is 16.9 Å². The van der Waals surface area contributed by atoms with Crippen molar-refractivity contribution < 1.29 is 4.74 Å². The Morgan fingerprint density at radius 1 is 1.00 bits per heavy atom. The third-order valence-corrected chi connectivity index (χ3v) is 7.61. The third kappa shape index (κ3) is 4.61. The maximum Gasteiger partial charge on any atom is 0.169 e. The summed E-state index contributed by atoms with van der Waals surface area (Å²) in [6.45, 7) is 5.60. The predicted octanol–water partition coefficient (Wildman–Crippen LogP) is 7.38.